The van der Waals surface area contributed by atoms with E-state index in [0.717, 1.165) is 25.9 Å². The smallest absolute Gasteiger partial charge is 0.309 e. The van der Waals surface area contributed by atoms with Gasteiger partial charge in [-0.2, -0.15) is 0 Å². The number of likely N-dealkylation sites (tertiary alicyclic amines) is 1. The Morgan fingerprint density at radius 3 is 2.67 bits per heavy atom. The molecule has 0 spiro atoms. The molecular weight excluding hydrogens is 252 g/mol. The van der Waals surface area contributed by atoms with Gasteiger partial charge in [0.05, 0.1) is 11.5 Å². The highest BCUT2D eigenvalue weighted by Crippen LogP contribution is 2.13. The van der Waals surface area contributed by atoms with Crippen LogP contribution in [0.25, 0.3) is 0 Å². The Balaban J connectivity index is 2.23. The number of carbonyl (C=O) groups is 2. The van der Waals surface area contributed by atoms with E-state index in [1.165, 1.54) is 0 Å². The normalized spacial score (nSPS) is 20.2. The van der Waals surface area contributed by atoms with Gasteiger partial charge in [0.1, 0.15) is 0 Å². The Kier molecular flexibility index (Phi) is 6.00. The molecule has 1 fully saturated rings. The van der Waals surface area contributed by atoms with Crippen LogP contribution >= 0.6 is 12.2 Å². The maximum atomic E-state index is 11.5. The Morgan fingerprint density at radius 2 is 2.06 bits per heavy atom. The molecule has 1 heterocycles. The maximum Gasteiger partial charge on any atom is 0.309 e. The molecular formula is C11H20N4O2S. The van der Waals surface area contributed by atoms with Gasteiger partial charge in [0, 0.05) is 13.1 Å². The zero-order valence-corrected chi connectivity index (χ0v) is 11.4. The van der Waals surface area contributed by atoms with Crippen LogP contribution in [0.5, 0.6) is 0 Å². The number of nitrogens with zero attached hydrogens (tertiary/aromatic N) is 1. The summed E-state index contributed by atoms with van der Waals surface area (Å²) in [5.74, 6) is -0.900. The summed E-state index contributed by atoms with van der Waals surface area (Å²) in [6.45, 7) is 2.63. The molecule has 102 valence electrons. The van der Waals surface area contributed by atoms with E-state index in [0.29, 0.717) is 12.5 Å². The van der Waals surface area contributed by atoms with E-state index >= 15 is 0 Å². The second-order valence-electron chi connectivity index (χ2n) is 4.63. The van der Waals surface area contributed by atoms with Crippen LogP contribution in [0.3, 0.4) is 0 Å². The first-order valence-corrected chi connectivity index (χ1v) is 6.42. The lowest BCUT2D eigenvalue weighted by molar-refractivity contribution is -0.139. The lowest BCUT2D eigenvalue weighted by atomic mass is 9.98. The summed E-state index contributed by atoms with van der Waals surface area (Å²) < 4.78 is 0. The quantitative estimate of drug-likeness (QED) is 0.444. The van der Waals surface area contributed by atoms with Gasteiger partial charge in [-0.05, 0) is 32.4 Å². The molecule has 1 aliphatic heterocycles. The summed E-state index contributed by atoms with van der Waals surface area (Å²) in [6, 6.07) is 0. The molecule has 6 nitrogen and oxygen atoms in total. The first kappa shape index (κ1) is 14.8. The van der Waals surface area contributed by atoms with Crippen LogP contribution in [0.4, 0.5) is 0 Å². The summed E-state index contributed by atoms with van der Waals surface area (Å²) in [5, 5.41) is 4.99. The third-order valence-corrected chi connectivity index (χ3v) is 3.05. The minimum atomic E-state index is -0.688. The largest absolute Gasteiger partial charge is 0.392 e. The molecule has 0 aliphatic carbocycles. The van der Waals surface area contributed by atoms with Crippen LogP contribution in [0, 0.1) is 5.92 Å². The third-order valence-electron chi connectivity index (χ3n) is 2.90. The van der Waals surface area contributed by atoms with Gasteiger partial charge in [0.25, 0.3) is 0 Å². The SMILES string of the molecule is CN1CCCC(CNC(=O)C(=O)NCC(N)=S)C1. The molecule has 1 saturated heterocycles. The standard InChI is InChI=1S/C11H20N4O2S/c1-15-4-2-3-8(7-15)5-13-10(16)11(17)14-6-9(12)18/h8H,2-7H2,1H3,(H2,12,18)(H,13,16)(H,14,17). The Labute approximate surface area is 112 Å². The minimum Gasteiger partial charge on any atom is -0.392 e. The van der Waals surface area contributed by atoms with Crippen molar-refractivity contribution in [1.82, 2.24) is 15.5 Å². The lowest BCUT2D eigenvalue weighted by Crippen LogP contribution is -2.45. The highest BCUT2D eigenvalue weighted by molar-refractivity contribution is 7.80. The molecule has 4 N–H and O–H groups in total. The number of rotatable bonds is 4. The number of amides is 2. The van der Waals surface area contributed by atoms with E-state index in [9.17, 15) is 9.59 Å². The zero-order chi connectivity index (χ0) is 13.5. The third kappa shape index (κ3) is 5.42. The molecule has 1 unspecified atom stereocenters. The molecule has 0 radical (unpaired) electrons. The molecule has 1 aliphatic rings. The second-order valence-corrected chi connectivity index (χ2v) is 5.15. The highest BCUT2D eigenvalue weighted by atomic mass is 32.1. The van der Waals surface area contributed by atoms with Crippen molar-refractivity contribution >= 4 is 29.0 Å². The molecule has 2 amide bonds. The molecule has 0 aromatic carbocycles. The van der Waals surface area contributed by atoms with E-state index in [-0.39, 0.29) is 11.5 Å². The fourth-order valence-electron chi connectivity index (χ4n) is 2.00. The lowest BCUT2D eigenvalue weighted by Gasteiger charge is -2.29. The monoisotopic (exact) mass is 272 g/mol. The molecule has 0 aromatic rings. The average Bonchev–Trinajstić information content (AvgIpc) is 2.33. The van der Waals surface area contributed by atoms with Crippen LogP contribution < -0.4 is 16.4 Å². The van der Waals surface area contributed by atoms with Crippen molar-refractivity contribution in [2.75, 3.05) is 33.2 Å². The summed E-state index contributed by atoms with van der Waals surface area (Å²) >= 11 is 4.61. The number of thiocarbonyl (C=S) groups is 1. The van der Waals surface area contributed by atoms with Crippen molar-refractivity contribution in [2.24, 2.45) is 11.7 Å². The van der Waals surface area contributed by atoms with E-state index in [2.05, 4.69) is 34.8 Å². The first-order valence-electron chi connectivity index (χ1n) is 6.02. The number of nitrogens with two attached hydrogens (primary N) is 1. The number of piperidine rings is 1. The van der Waals surface area contributed by atoms with Gasteiger partial charge in [-0.3, -0.25) is 9.59 Å². The Bertz CT molecular complexity index is 335. The number of nitrogens with one attached hydrogen (secondary N) is 2. The summed E-state index contributed by atoms with van der Waals surface area (Å²) in [5.41, 5.74) is 5.23. The van der Waals surface area contributed by atoms with Crippen molar-refractivity contribution < 1.29 is 9.59 Å². The fraction of sp³-hybridized carbons (Fsp3) is 0.727. The topological polar surface area (TPSA) is 87.5 Å². The molecule has 1 atom stereocenters. The number of hydrogen-bond acceptors (Lipinski definition) is 4. The predicted octanol–water partition coefficient (Wildman–Crippen LogP) is -1.15. The summed E-state index contributed by atoms with van der Waals surface area (Å²) in [7, 11) is 2.06. The minimum absolute atomic E-state index is 0.0494. The number of hydrogen-bond donors (Lipinski definition) is 3. The van der Waals surface area contributed by atoms with Crippen molar-refractivity contribution in [3.05, 3.63) is 0 Å². The van der Waals surface area contributed by atoms with Gasteiger partial charge >= 0.3 is 11.8 Å². The van der Waals surface area contributed by atoms with Crippen LogP contribution in [-0.4, -0.2) is 54.9 Å². The van der Waals surface area contributed by atoms with Gasteiger partial charge < -0.3 is 21.3 Å². The van der Waals surface area contributed by atoms with Crippen LogP contribution in [-0.2, 0) is 9.59 Å². The molecule has 0 aromatic heterocycles. The van der Waals surface area contributed by atoms with Gasteiger partial charge in [-0.15, -0.1) is 0 Å². The summed E-state index contributed by atoms with van der Waals surface area (Å²) in [4.78, 5) is 25.2. The van der Waals surface area contributed by atoms with Crippen molar-refractivity contribution in [2.45, 2.75) is 12.8 Å². The fourth-order valence-corrected chi connectivity index (χ4v) is 2.08. The van der Waals surface area contributed by atoms with Crippen molar-refractivity contribution in [1.29, 1.82) is 0 Å². The van der Waals surface area contributed by atoms with Crippen LogP contribution in [0.15, 0.2) is 0 Å². The Hall–Kier alpha value is -1.21. The zero-order valence-electron chi connectivity index (χ0n) is 10.6. The van der Waals surface area contributed by atoms with Crippen LogP contribution in [0.1, 0.15) is 12.8 Å². The van der Waals surface area contributed by atoms with Gasteiger partial charge in [-0.25, -0.2) is 0 Å². The van der Waals surface area contributed by atoms with Gasteiger partial charge in [0.2, 0.25) is 0 Å². The van der Waals surface area contributed by atoms with Gasteiger partial charge in [-0.1, -0.05) is 12.2 Å². The number of carbonyl (C=O) groups excluding carboxylic acids is 2. The van der Waals surface area contributed by atoms with E-state index in [1.807, 2.05) is 0 Å². The summed E-state index contributed by atoms with van der Waals surface area (Å²) in [6.07, 6.45) is 2.21. The second kappa shape index (κ2) is 7.27. The highest BCUT2D eigenvalue weighted by Gasteiger charge is 2.19. The molecule has 18 heavy (non-hydrogen) atoms. The molecule has 0 bridgehead atoms. The van der Waals surface area contributed by atoms with Gasteiger partial charge in [0.15, 0.2) is 0 Å². The molecule has 0 saturated carbocycles. The Morgan fingerprint density at radius 1 is 1.39 bits per heavy atom. The van der Waals surface area contributed by atoms with E-state index in [4.69, 9.17) is 5.73 Å². The van der Waals surface area contributed by atoms with Crippen molar-refractivity contribution in [3.8, 4) is 0 Å². The van der Waals surface area contributed by atoms with Crippen LogP contribution in [0.2, 0.25) is 0 Å². The molecule has 1 rings (SSSR count). The van der Waals surface area contributed by atoms with E-state index in [1.54, 1.807) is 0 Å². The van der Waals surface area contributed by atoms with E-state index < -0.39 is 11.8 Å². The predicted molar refractivity (Wildman–Crippen MR) is 73.0 cm³/mol. The first-order chi connectivity index (χ1) is 8.49. The molecule has 7 heteroatoms. The maximum absolute atomic E-state index is 11.5. The average molecular weight is 272 g/mol. The van der Waals surface area contributed by atoms with Crippen molar-refractivity contribution in [3.63, 3.8) is 0 Å².